The third-order valence-electron chi connectivity index (χ3n) is 6.30. The van der Waals surface area contributed by atoms with Gasteiger partial charge in [0.05, 0.1) is 17.9 Å². The molecular formula is C27H27N3O2. The highest BCUT2D eigenvalue weighted by Crippen LogP contribution is 2.42. The van der Waals surface area contributed by atoms with Crippen LogP contribution in [-0.4, -0.2) is 30.7 Å². The van der Waals surface area contributed by atoms with Gasteiger partial charge in [0, 0.05) is 18.7 Å². The monoisotopic (exact) mass is 425 g/mol. The van der Waals surface area contributed by atoms with Gasteiger partial charge in [-0.3, -0.25) is 5.01 Å². The van der Waals surface area contributed by atoms with Crippen LogP contribution in [-0.2, 0) is 11.2 Å². The summed E-state index contributed by atoms with van der Waals surface area (Å²) in [6.45, 7) is 6.17. The third-order valence-corrected chi connectivity index (χ3v) is 6.30. The van der Waals surface area contributed by atoms with Crippen LogP contribution in [0.2, 0.25) is 0 Å². The van der Waals surface area contributed by atoms with Crippen molar-refractivity contribution in [1.29, 1.82) is 0 Å². The highest BCUT2D eigenvalue weighted by molar-refractivity contribution is 5.94. The minimum Gasteiger partial charge on any atom is -0.462 e. The summed E-state index contributed by atoms with van der Waals surface area (Å²) in [7, 11) is 0. The number of carbonyl (C=O) groups excluding carboxylic acids is 1. The van der Waals surface area contributed by atoms with Crippen LogP contribution in [0.15, 0.2) is 64.9 Å². The van der Waals surface area contributed by atoms with Crippen LogP contribution < -0.4 is 0 Å². The molecule has 0 unspecified atom stereocenters. The van der Waals surface area contributed by atoms with Crippen molar-refractivity contribution in [2.24, 2.45) is 10.3 Å². The molecule has 0 atom stereocenters. The van der Waals surface area contributed by atoms with Gasteiger partial charge < -0.3 is 4.74 Å². The summed E-state index contributed by atoms with van der Waals surface area (Å²) >= 11 is 0. The van der Waals surface area contributed by atoms with Gasteiger partial charge in [0.25, 0.3) is 0 Å². The zero-order valence-electron chi connectivity index (χ0n) is 18.6. The van der Waals surface area contributed by atoms with Crippen molar-refractivity contribution in [2.75, 3.05) is 19.7 Å². The maximum absolute atomic E-state index is 12.4. The van der Waals surface area contributed by atoms with E-state index in [2.05, 4.69) is 53.7 Å². The van der Waals surface area contributed by atoms with Crippen LogP contribution in [0.4, 0.5) is 5.69 Å². The van der Waals surface area contributed by atoms with Gasteiger partial charge in [0.2, 0.25) is 0 Å². The van der Waals surface area contributed by atoms with E-state index in [1.807, 2.05) is 24.1 Å². The molecule has 1 saturated heterocycles. The Kier molecular flexibility index (Phi) is 5.48. The Bertz CT molecular complexity index is 1210. The average molecular weight is 426 g/mol. The maximum atomic E-state index is 12.4. The molecule has 0 bridgehead atoms. The Morgan fingerprint density at radius 3 is 2.56 bits per heavy atom. The Balaban J connectivity index is 1.60. The smallest absolute Gasteiger partial charge is 0.338 e. The first-order valence-electron chi connectivity index (χ1n) is 11.3. The molecular weight excluding hydrogens is 398 g/mol. The molecule has 0 spiro atoms. The maximum Gasteiger partial charge on any atom is 0.338 e. The van der Waals surface area contributed by atoms with Gasteiger partial charge in [-0.1, -0.05) is 35.6 Å². The van der Waals surface area contributed by atoms with Crippen molar-refractivity contribution in [1.82, 2.24) is 5.01 Å². The number of nitrogens with zero attached hydrogens (tertiary/aromatic N) is 3. The van der Waals surface area contributed by atoms with Crippen molar-refractivity contribution in [3.05, 3.63) is 76.9 Å². The molecule has 1 heterocycles. The molecule has 0 aromatic heterocycles. The van der Waals surface area contributed by atoms with Gasteiger partial charge in [0.15, 0.2) is 0 Å². The number of hydrogen-bond donors (Lipinski definition) is 0. The second-order valence-electron chi connectivity index (χ2n) is 8.46. The van der Waals surface area contributed by atoms with Gasteiger partial charge in [-0.25, -0.2) is 4.79 Å². The van der Waals surface area contributed by atoms with E-state index in [0.717, 1.165) is 54.7 Å². The summed E-state index contributed by atoms with van der Waals surface area (Å²) in [6.07, 6.45) is 3.22. The van der Waals surface area contributed by atoms with E-state index in [0.29, 0.717) is 12.2 Å². The molecule has 3 aromatic rings. The van der Waals surface area contributed by atoms with Crippen LogP contribution in [0.3, 0.4) is 0 Å². The Hall–Kier alpha value is -3.47. The lowest BCUT2D eigenvalue weighted by Gasteiger charge is -2.14. The van der Waals surface area contributed by atoms with Crippen LogP contribution in [0, 0.1) is 6.92 Å². The van der Waals surface area contributed by atoms with Gasteiger partial charge >= 0.3 is 5.97 Å². The first-order valence-corrected chi connectivity index (χ1v) is 11.3. The summed E-state index contributed by atoms with van der Waals surface area (Å²) in [6, 6.07) is 18.6. The molecule has 0 N–H and O–H groups in total. The highest BCUT2D eigenvalue weighted by Gasteiger charge is 2.21. The molecule has 0 amide bonds. The predicted octanol–water partition coefficient (Wildman–Crippen LogP) is 6.50. The molecule has 1 aliphatic heterocycles. The van der Waals surface area contributed by atoms with Crippen LogP contribution >= 0.6 is 0 Å². The summed E-state index contributed by atoms with van der Waals surface area (Å²) in [5.74, 6) is -0.317. The zero-order chi connectivity index (χ0) is 22.1. The van der Waals surface area contributed by atoms with Crippen LogP contribution in [0.25, 0.3) is 22.3 Å². The molecule has 2 aliphatic rings. The second kappa shape index (κ2) is 8.58. The molecule has 1 fully saturated rings. The number of rotatable bonds is 5. The molecule has 5 nitrogen and oxygen atoms in total. The quantitative estimate of drug-likeness (QED) is 0.271. The van der Waals surface area contributed by atoms with E-state index in [1.165, 1.54) is 22.3 Å². The zero-order valence-corrected chi connectivity index (χ0v) is 18.6. The van der Waals surface area contributed by atoms with Gasteiger partial charge in [-0.05, 0) is 90.8 Å². The number of carbonyl (C=O) groups is 1. The normalized spacial score (nSPS) is 14.6. The number of fused-ring (bicyclic) bond motifs is 3. The van der Waals surface area contributed by atoms with Gasteiger partial charge in [-0.2, -0.15) is 0 Å². The molecule has 32 heavy (non-hydrogen) atoms. The first-order chi connectivity index (χ1) is 15.6. The van der Waals surface area contributed by atoms with Crippen molar-refractivity contribution in [3.8, 4) is 22.3 Å². The number of aryl methyl sites for hydroxylation is 1. The lowest BCUT2D eigenvalue weighted by atomic mass is 9.92. The third kappa shape index (κ3) is 3.79. The molecule has 0 saturated carbocycles. The van der Waals surface area contributed by atoms with Crippen molar-refractivity contribution >= 4 is 11.7 Å². The Morgan fingerprint density at radius 2 is 1.75 bits per heavy atom. The number of benzene rings is 3. The lowest BCUT2D eigenvalue weighted by Crippen LogP contribution is -2.09. The van der Waals surface area contributed by atoms with E-state index in [9.17, 15) is 4.79 Å². The molecule has 0 radical (unpaired) electrons. The topological polar surface area (TPSA) is 54.3 Å². The number of ether oxygens (including phenoxy) is 1. The largest absolute Gasteiger partial charge is 0.462 e. The summed E-state index contributed by atoms with van der Waals surface area (Å²) in [4.78, 5) is 12.4. The second-order valence-corrected chi connectivity index (χ2v) is 8.46. The molecule has 5 heteroatoms. The van der Waals surface area contributed by atoms with E-state index in [4.69, 9.17) is 4.74 Å². The molecule has 162 valence electrons. The summed E-state index contributed by atoms with van der Waals surface area (Å²) in [5.41, 5.74) is 9.71. The van der Waals surface area contributed by atoms with Crippen LogP contribution in [0.1, 0.15) is 46.8 Å². The lowest BCUT2D eigenvalue weighted by molar-refractivity contribution is 0.0526. The number of hydrogen-bond acceptors (Lipinski definition) is 4. The van der Waals surface area contributed by atoms with Gasteiger partial charge in [-0.15, -0.1) is 5.11 Å². The summed E-state index contributed by atoms with van der Waals surface area (Å²) < 4.78 is 5.25. The first kappa shape index (κ1) is 20.4. The summed E-state index contributed by atoms with van der Waals surface area (Å²) in [5, 5.41) is 11.1. The number of esters is 1. The van der Waals surface area contributed by atoms with E-state index >= 15 is 0 Å². The Labute approximate surface area is 188 Å². The SMILES string of the molecule is CCOC(=O)c1ccc(N=NN2CCCC2)c(-c2cc3c(cc2C)-c2ccccc2C3)c1. The molecule has 3 aromatic carbocycles. The standard InChI is InChI=1S/C27H27N3O2/c1-3-32-27(31)20-10-11-26(28-29-30-12-6-7-13-30)25(16-20)23-17-21-15-19-8-4-5-9-22(19)24(21)14-18(23)2/h4-5,8-11,14,16-17H,3,6-7,12-13,15H2,1-2H3. The highest BCUT2D eigenvalue weighted by atomic mass is 16.5. The van der Waals surface area contributed by atoms with Crippen molar-refractivity contribution in [2.45, 2.75) is 33.1 Å². The van der Waals surface area contributed by atoms with E-state index in [1.54, 1.807) is 6.07 Å². The van der Waals surface area contributed by atoms with Crippen molar-refractivity contribution < 1.29 is 9.53 Å². The Morgan fingerprint density at radius 1 is 0.938 bits per heavy atom. The van der Waals surface area contributed by atoms with Crippen molar-refractivity contribution in [3.63, 3.8) is 0 Å². The minimum absolute atomic E-state index is 0.317. The predicted molar refractivity (Wildman–Crippen MR) is 126 cm³/mol. The molecule has 5 rings (SSSR count). The van der Waals surface area contributed by atoms with E-state index in [-0.39, 0.29) is 5.97 Å². The van der Waals surface area contributed by atoms with Gasteiger partial charge in [0.1, 0.15) is 0 Å². The minimum atomic E-state index is -0.317. The van der Waals surface area contributed by atoms with E-state index < -0.39 is 0 Å². The fraction of sp³-hybridized carbons (Fsp3) is 0.296. The fourth-order valence-electron chi connectivity index (χ4n) is 4.66. The average Bonchev–Trinajstić information content (AvgIpc) is 3.45. The fourth-order valence-corrected chi connectivity index (χ4v) is 4.66. The molecule has 1 aliphatic carbocycles. The van der Waals surface area contributed by atoms with Crippen LogP contribution in [0.5, 0.6) is 0 Å².